The lowest BCUT2D eigenvalue weighted by Gasteiger charge is -2.26. The van der Waals surface area contributed by atoms with E-state index in [2.05, 4.69) is 26.6 Å². The lowest BCUT2D eigenvalue weighted by atomic mass is 10.0. The predicted molar refractivity (Wildman–Crippen MR) is 102 cm³/mol. The monoisotopic (exact) mass is 432 g/mol. The van der Waals surface area contributed by atoms with Gasteiger partial charge in [0, 0.05) is 4.47 Å². The van der Waals surface area contributed by atoms with E-state index in [0.717, 1.165) is 4.47 Å². The zero-order valence-electron chi connectivity index (χ0n) is 14.4. The summed E-state index contributed by atoms with van der Waals surface area (Å²) in [7, 11) is 0. The van der Waals surface area contributed by atoms with E-state index in [9.17, 15) is 19.5 Å². The second-order valence-electron chi connectivity index (χ2n) is 6.11. The molecule has 0 aliphatic carbocycles. The van der Waals surface area contributed by atoms with Crippen molar-refractivity contribution in [2.24, 2.45) is 0 Å². The molecule has 2 aromatic carbocycles. The molecule has 0 saturated heterocycles. The predicted octanol–water partition coefficient (Wildman–Crippen LogP) is 3.11. The fraction of sp³-hybridized carbons (Fsp3) is 0.211. The molecule has 0 radical (unpaired) electrons. The molecule has 27 heavy (non-hydrogen) atoms. The van der Waals surface area contributed by atoms with Crippen LogP contribution in [0.2, 0.25) is 0 Å². The second kappa shape index (κ2) is 7.79. The molecule has 2 aromatic rings. The number of carbonyl (C=O) groups excluding carboxylic acids is 2. The first-order chi connectivity index (χ1) is 12.8. The van der Waals surface area contributed by atoms with Gasteiger partial charge in [0.2, 0.25) is 0 Å². The van der Waals surface area contributed by atoms with Crippen molar-refractivity contribution >= 4 is 39.4 Å². The molecule has 1 aliphatic rings. The maximum atomic E-state index is 12.8. The Hall–Kier alpha value is -2.87. The number of carbonyl (C=O) groups is 3. The van der Waals surface area contributed by atoms with Crippen LogP contribution in [0.4, 0.5) is 5.69 Å². The zero-order valence-corrected chi connectivity index (χ0v) is 15.9. The van der Waals surface area contributed by atoms with Gasteiger partial charge in [0.15, 0.2) is 11.9 Å². The van der Waals surface area contributed by atoms with Gasteiger partial charge in [-0.1, -0.05) is 34.1 Å². The van der Waals surface area contributed by atoms with Crippen molar-refractivity contribution in [3.8, 4) is 5.75 Å². The summed E-state index contributed by atoms with van der Waals surface area (Å²) < 4.78 is 6.37. The van der Waals surface area contributed by atoms with Gasteiger partial charge in [0.25, 0.3) is 11.8 Å². The van der Waals surface area contributed by atoms with Crippen LogP contribution in [0.15, 0.2) is 46.9 Å². The molecule has 140 valence electrons. The fourth-order valence-electron chi connectivity index (χ4n) is 2.79. The first-order valence-corrected chi connectivity index (χ1v) is 9.03. The minimum atomic E-state index is -1.03. The van der Waals surface area contributed by atoms with Gasteiger partial charge in [-0.25, -0.2) is 0 Å². The van der Waals surface area contributed by atoms with Crippen LogP contribution in [0.3, 0.4) is 0 Å². The maximum Gasteiger partial charge on any atom is 0.305 e. The van der Waals surface area contributed by atoms with Crippen molar-refractivity contribution in [1.29, 1.82) is 0 Å². The Balaban J connectivity index is 1.90. The van der Waals surface area contributed by atoms with Crippen LogP contribution < -0.4 is 15.4 Å². The Kier molecular flexibility index (Phi) is 5.46. The smallest absolute Gasteiger partial charge is 0.305 e. The molecule has 2 atom stereocenters. The van der Waals surface area contributed by atoms with Crippen molar-refractivity contribution in [2.45, 2.75) is 25.5 Å². The van der Waals surface area contributed by atoms with E-state index in [1.54, 1.807) is 43.3 Å². The molecule has 1 unspecified atom stereocenters. The Labute approximate surface area is 163 Å². The minimum absolute atomic E-state index is 0.227. The highest BCUT2D eigenvalue weighted by atomic mass is 79.9. The maximum absolute atomic E-state index is 12.8. The fourth-order valence-corrected chi connectivity index (χ4v) is 3.21. The third kappa shape index (κ3) is 4.28. The number of hydrogen-bond acceptors (Lipinski definition) is 4. The van der Waals surface area contributed by atoms with Crippen molar-refractivity contribution in [3.63, 3.8) is 0 Å². The molecular weight excluding hydrogens is 416 g/mol. The van der Waals surface area contributed by atoms with Gasteiger partial charge >= 0.3 is 5.97 Å². The van der Waals surface area contributed by atoms with Gasteiger partial charge in [-0.05, 0) is 36.8 Å². The SMILES string of the molecule is CC1Oc2c(cccc2C(=O)N[C@H](CC(=O)O)c2cccc(Br)c2)NC1=O. The number of amides is 2. The third-order valence-corrected chi connectivity index (χ3v) is 4.61. The lowest BCUT2D eigenvalue weighted by Crippen LogP contribution is -2.36. The highest BCUT2D eigenvalue weighted by Crippen LogP contribution is 2.34. The van der Waals surface area contributed by atoms with Crippen LogP contribution in [0.1, 0.15) is 35.3 Å². The van der Waals surface area contributed by atoms with E-state index in [1.807, 2.05) is 6.07 Å². The molecule has 7 nitrogen and oxygen atoms in total. The van der Waals surface area contributed by atoms with E-state index < -0.39 is 24.0 Å². The van der Waals surface area contributed by atoms with Crippen molar-refractivity contribution < 1.29 is 24.2 Å². The number of para-hydroxylation sites is 1. The number of carboxylic acids is 1. The van der Waals surface area contributed by atoms with Gasteiger partial charge in [0.05, 0.1) is 23.7 Å². The van der Waals surface area contributed by atoms with Gasteiger partial charge < -0.3 is 20.5 Å². The van der Waals surface area contributed by atoms with Crippen LogP contribution in [0, 0.1) is 0 Å². The first-order valence-electron chi connectivity index (χ1n) is 8.24. The summed E-state index contributed by atoms with van der Waals surface area (Å²) in [6.07, 6.45) is -1.00. The van der Waals surface area contributed by atoms with Crippen molar-refractivity contribution in [2.75, 3.05) is 5.32 Å². The number of fused-ring (bicyclic) bond motifs is 1. The summed E-state index contributed by atoms with van der Waals surface area (Å²) in [5, 5.41) is 14.7. The lowest BCUT2D eigenvalue weighted by molar-refractivity contribution is -0.137. The Bertz CT molecular complexity index is 915. The summed E-state index contributed by atoms with van der Waals surface area (Å²) in [5.41, 5.74) is 1.29. The highest BCUT2D eigenvalue weighted by Gasteiger charge is 2.29. The molecule has 3 N–H and O–H groups in total. The van der Waals surface area contributed by atoms with Gasteiger partial charge in [-0.15, -0.1) is 0 Å². The molecule has 3 rings (SSSR count). The second-order valence-corrected chi connectivity index (χ2v) is 7.03. The minimum Gasteiger partial charge on any atom is -0.481 e. The Morgan fingerprint density at radius 3 is 2.74 bits per heavy atom. The number of aliphatic carboxylic acids is 1. The number of nitrogens with one attached hydrogen (secondary N) is 2. The standard InChI is InChI=1S/C19H17BrN2O5/c1-10-18(25)21-14-7-3-6-13(17(14)27-10)19(26)22-15(9-16(23)24)11-4-2-5-12(20)8-11/h2-8,10,15H,9H2,1H3,(H,21,25)(H,22,26)(H,23,24)/t10?,15-/m1/s1. The van der Waals surface area contributed by atoms with Gasteiger partial charge in [-0.2, -0.15) is 0 Å². The molecule has 0 fully saturated rings. The number of benzene rings is 2. The number of ether oxygens (including phenoxy) is 1. The summed E-state index contributed by atoms with van der Waals surface area (Å²) in [6, 6.07) is 11.2. The summed E-state index contributed by atoms with van der Waals surface area (Å²) in [4.78, 5) is 35.9. The first kappa shape index (κ1) is 18.9. The molecule has 1 heterocycles. The van der Waals surface area contributed by atoms with Crippen LogP contribution in [0.5, 0.6) is 5.75 Å². The van der Waals surface area contributed by atoms with Gasteiger partial charge in [-0.3, -0.25) is 14.4 Å². The average Bonchev–Trinajstić information content (AvgIpc) is 2.61. The zero-order chi connectivity index (χ0) is 19.6. The van der Waals surface area contributed by atoms with Crippen LogP contribution in [0.25, 0.3) is 0 Å². The largest absolute Gasteiger partial charge is 0.481 e. The quantitative estimate of drug-likeness (QED) is 0.672. The third-order valence-electron chi connectivity index (χ3n) is 4.12. The number of rotatable bonds is 5. The van der Waals surface area contributed by atoms with E-state index >= 15 is 0 Å². The summed E-state index contributed by atoms with van der Waals surface area (Å²) in [6.45, 7) is 1.59. The van der Waals surface area contributed by atoms with Crippen LogP contribution >= 0.6 is 15.9 Å². The Morgan fingerprint density at radius 2 is 2.04 bits per heavy atom. The molecule has 0 saturated carbocycles. The number of hydrogen-bond donors (Lipinski definition) is 3. The van der Waals surface area contributed by atoms with Crippen LogP contribution in [-0.2, 0) is 9.59 Å². The molecule has 2 amide bonds. The summed E-state index contributed by atoms with van der Waals surface area (Å²) >= 11 is 3.35. The van der Waals surface area contributed by atoms with Crippen LogP contribution in [-0.4, -0.2) is 29.0 Å². The number of anilines is 1. The summed E-state index contributed by atoms with van der Waals surface area (Å²) in [5.74, 6) is -1.54. The van der Waals surface area contributed by atoms with Crippen molar-refractivity contribution in [1.82, 2.24) is 5.32 Å². The number of carboxylic acid groups (broad SMARTS) is 1. The molecular formula is C19H17BrN2O5. The molecule has 8 heteroatoms. The Morgan fingerprint density at radius 1 is 1.30 bits per heavy atom. The molecule has 0 bridgehead atoms. The highest BCUT2D eigenvalue weighted by molar-refractivity contribution is 9.10. The normalized spacial score (nSPS) is 16.5. The molecule has 0 aromatic heterocycles. The average molecular weight is 433 g/mol. The molecule has 0 spiro atoms. The van der Waals surface area contributed by atoms with E-state index in [0.29, 0.717) is 11.3 Å². The topological polar surface area (TPSA) is 105 Å². The van der Waals surface area contributed by atoms with E-state index in [1.165, 1.54) is 0 Å². The molecule has 1 aliphatic heterocycles. The number of halogens is 1. The van der Waals surface area contributed by atoms with E-state index in [4.69, 9.17) is 4.74 Å². The van der Waals surface area contributed by atoms with Crippen molar-refractivity contribution in [3.05, 3.63) is 58.1 Å². The van der Waals surface area contributed by atoms with E-state index in [-0.39, 0.29) is 23.6 Å². The van der Waals surface area contributed by atoms with Gasteiger partial charge in [0.1, 0.15) is 0 Å².